The van der Waals surface area contributed by atoms with Crippen LogP contribution in [0, 0.1) is 40.9 Å². The third-order valence-electron chi connectivity index (χ3n) is 9.09. The molecule has 3 aliphatic carbocycles. The minimum atomic E-state index is -0.429. The predicted octanol–water partition coefficient (Wildman–Crippen LogP) is 4.14. The third-order valence-corrected chi connectivity index (χ3v) is 9.09. The van der Waals surface area contributed by atoms with Gasteiger partial charge in [-0.2, -0.15) is 0 Å². The molecule has 0 aromatic rings. The van der Waals surface area contributed by atoms with E-state index >= 15 is 0 Å². The van der Waals surface area contributed by atoms with Crippen molar-refractivity contribution in [3.8, 4) is 0 Å². The fraction of sp³-hybridized carbons (Fsp3) is 0.957. The zero-order valence-electron chi connectivity index (χ0n) is 17.9. The second kappa shape index (κ2) is 8.02. The maximum atomic E-state index is 12.1. The van der Waals surface area contributed by atoms with E-state index in [0.717, 1.165) is 31.6 Å². The molecule has 156 valence electrons. The molecule has 0 saturated heterocycles. The first-order chi connectivity index (χ1) is 12.8. The van der Waals surface area contributed by atoms with Crippen molar-refractivity contribution in [2.75, 3.05) is 13.2 Å². The van der Waals surface area contributed by atoms with Crippen LogP contribution in [0.25, 0.3) is 0 Å². The van der Waals surface area contributed by atoms with Crippen LogP contribution >= 0.6 is 0 Å². The van der Waals surface area contributed by atoms with Gasteiger partial charge in [0.15, 0.2) is 0 Å². The Morgan fingerprint density at radius 1 is 1.19 bits per heavy atom. The van der Waals surface area contributed by atoms with Crippen LogP contribution in [-0.2, 0) is 9.53 Å². The standard InChI is InChI=1S/C23H41NO3/c1-5-18-6-7-20-19(13-24)21(9-10-22(18,20)4)23(27-16(3)26)11-8-15(2)17(12-23)14-25/h15,17-21,25H,5-14,24H2,1-4H3/t15?,17?,18-,19+,20-,21-,22+,23?/m0/s1. The molecule has 3 unspecified atom stereocenters. The second-order valence-electron chi connectivity index (χ2n) is 10.2. The number of aliphatic hydroxyl groups is 1. The molecule has 4 nitrogen and oxygen atoms in total. The van der Waals surface area contributed by atoms with Crippen molar-refractivity contribution in [1.82, 2.24) is 0 Å². The van der Waals surface area contributed by atoms with Crippen molar-refractivity contribution in [3.05, 3.63) is 0 Å². The summed E-state index contributed by atoms with van der Waals surface area (Å²) in [4.78, 5) is 12.1. The monoisotopic (exact) mass is 379 g/mol. The van der Waals surface area contributed by atoms with Gasteiger partial charge in [-0.15, -0.1) is 0 Å². The van der Waals surface area contributed by atoms with E-state index in [1.165, 1.54) is 25.7 Å². The average molecular weight is 380 g/mol. The largest absolute Gasteiger partial charge is 0.459 e. The van der Waals surface area contributed by atoms with Crippen molar-refractivity contribution in [2.45, 2.75) is 84.7 Å². The average Bonchev–Trinajstić information content (AvgIpc) is 2.98. The summed E-state index contributed by atoms with van der Waals surface area (Å²) >= 11 is 0. The van der Waals surface area contributed by atoms with Crippen LogP contribution in [0.1, 0.15) is 79.1 Å². The number of nitrogens with two attached hydrogens (primary N) is 1. The summed E-state index contributed by atoms with van der Waals surface area (Å²) in [7, 11) is 0. The highest BCUT2D eigenvalue weighted by molar-refractivity contribution is 5.66. The summed E-state index contributed by atoms with van der Waals surface area (Å²) in [6, 6.07) is 0. The Kier molecular flexibility index (Phi) is 6.27. The van der Waals surface area contributed by atoms with Gasteiger partial charge in [0, 0.05) is 19.4 Å². The third kappa shape index (κ3) is 3.57. The lowest BCUT2D eigenvalue weighted by Crippen LogP contribution is -2.56. The summed E-state index contributed by atoms with van der Waals surface area (Å²) in [6.45, 7) is 9.46. The number of fused-ring (bicyclic) bond motifs is 1. The molecule has 0 radical (unpaired) electrons. The highest BCUT2D eigenvalue weighted by Crippen LogP contribution is 2.62. The summed E-state index contributed by atoms with van der Waals surface area (Å²) in [5, 5.41) is 9.94. The van der Waals surface area contributed by atoms with Gasteiger partial charge in [0.1, 0.15) is 5.60 Å². The van der Waals surface area contributed by atoms with Crippen LogP contribution in [-0.4, -0.2) is 29.8 Å². The van der Waals surface area contributed by atoms with Crippen LogP contribution in [0.4, 0.5) is 0 Å². The Labute approximate surface area is 165 Å². The van der Waals surface area contributed by atoms with E-state index in [2.05, 4.69) is 20.8 Å². The van der Waals surface area contributed by atoms with Gasteiger partial charge >= 0.3 is 5.97 Å². The molecule has 3 N–H and O–H groups in total. The van der Waals surface area contributed by atoms with E-state index in [4.69, 9.17) is 10.5 Å². The number of esters is 1. The number of hydrogen-bond acceptors (Lipinski definition) is 4. The van der Waals surface area contributed by atoms with Gasteiger partial charge in [-0.1, -0.05) is 27.2 Å². The number of ether oxygens (including phenoxy) is 1. The number of carbonyl (C=O) groups is 1. The van der Waals surface area contributed by atoms with Crippen molar-refractivity contribution in [2.24, 2.45) is 46.7 Å². The second-order valence-corrected chi connectivity index (χ2v) is 10.2. The Bertz CT molecular complexity index is 538. The number of rotatable bonds is 5. The number of carbonyl (C=O) groups excluding carboxylic acids is 1. The first-order valence-corrected chi connectivity index (χ1v) is 11.3. The molecule has 3 rings (SSSR count). The Morgan fingerprint density at radius 2 is 1.93 bits per heavy atom. The lowest BCUT2D eigenvalue weighted by molar-refractivity contribution is -0.188. The molecule has 8 atom stereocenters. The fourth-order valence-electron chi connectivity index (χ4n) is 7.54. The molecule has 0 heterocycles. The maximum absolute atomic E-state index is 12.1. The smallest absolute Gasteiger partial charge is 0.303 e. The molecular weight excluding hydrogens is 338 g/mol. The van der Waals surface area contributed by atoms with Crippen LogP contribution < -0.4 is 5.73 Å². The van der Waals surface area contributed by atoms with Crippen LogP contribution in [0.5, 0.6) is 0 Å². The van der Waals surface area contributed by atoms with E-state index in [1.807, 2.05) is 0 Å². The van der Waals surface area contributed by atoms with Crippen molar-refractivity contribution < 1.29 is 14.6 Å². The molecular formula is C23H41NO3. The fourth-order valence-corrected chi connectivity index (χ4v) is 7.54. The minimum Gasteiger partial charge on any atom is -0.459 e. The van der Waals surface area contributed by atoms with Gasteiger partial charge in [-0.25, -0.2) is 0 Å². The minimum absolute atomic E-state index is 0.178. The molecule has 0 aliphatic heterocycles. The van der Waals surface area contributed by atoms with Gasteiger partial charge in [-0.3, -0.25) is 4.79 Å². The first kappa shape index (κ1) is 21.1. The van der Waals surface area contributed by atoms with E-state index < -0.39 is 5.60 Å². The van der Waals surface area contributed by atoms with Crippen LogP contribution in [0.15, 0.2) is 0 Å². The lowest BCUT2D eigenvalue weighted by Gasteiger charge is -2.56. The molecule has 0 bridgehead atoms. The van der Waals surface area contributed by atoms with Gasteiger partial charge < -0.3 is 15.6 Å². The highest BCUT2D eigenvalue weighted by Gasteiger charge is 2.58. The molecule has 3 aliphatic rings. The van der Waals surface area contributed by atoms with Gasteiger partial charge in [0.25, 0.3) is 0 Å². The predicted molar refractivity (Wildman–Crippen MR) is 108 cm³/mol. The molecule has 27 heavy (non-hydrogen) atoms. The summed E-state index contributed by atoms with van der Waals surface area (Å²) < 4.78 is 6.16. The molecule has 0 aromatic heterocycles. The normalized spacial score (nSPS) is 47.5. The Balaban J connectivity index is 1.92. The van der Waals surface area contributed by atoms with Gasteiger partial charge in [-0.05, 0) is 86.5 Å². The zero-order chi connectivity index (χ0) is 19.8. The zero-order valence-corrected chi connectivity index (χ0v) is 17.9. The topological polar surface area (TPSA) is 72.5 Å². The molecule has 3 saturated carbocycles. The van der Waals surface area contributed by atoms with Crippen molar-refractivity contribution in [3.63, 3.8) is 0 Å². The quantitative estimate of drug-likeness (QED) is 0.704. The van der Waals surface area contributed by atoms with E-state index in [9.17, 15) is 9.90 Å². The summed E-state index contributed by atoms with van der Waals surface area (Å²) in [6.07, 6.45) is 8.91. The van der Waals surface area contributed by atoms with Crippen molar-refractivity contribution in [1.29, 1.82) is 0 Å². The molecule has 0 aromatic carbocycles. The van der Waals surface area contributed by atoms with Crippen LogP contribution in [0.2, 0.25) is 0 Å². The number of aliphatic hydroxyl groups excluding tert-OH is 1. The van der Waals surface area contributed by atoms with Gasteiger partial charge in [0.05, 0.1) is 0 Å². The molecule has 3 fully saturated rings. The first-order valence-electron chi connectivity index (χ1n) is 11.3. The maximum Gasteiger partial charge on any atom is 0.303 e. The summed E-state index contributed by atoms with van der Waals surface area (Å²) in [5.41, 5.74) is 6.36. The van der Waals surface area contributed by atoms with Crippen LogP contribution in [0.3, 0.4) is 0 Å². The molecule has 0 amide bonds. The molecule has 4 heteroatoms. The lowest BCUT2D eigenvalue weighted by atomic mass is 9.52. The highest BCUT2D eigenvalue weighted by atomic mass is 16.6. The van der Waals surface area contributed by atoms with Gasteiger partial charge in [0.2, 0.25) is 0 Å². The molecule has 0 spiro atoms. The SMILES string of the molecule is CC[C@H]1CC[C@H]2[C@@H](CN)[C@@H](C3(OC(C)=O)CCC(C)C(CO)C3)CC[C@]12C. The van der Waals surface area contributed by atoms with E-state index in [1.54, 1.807) is 6.92 Å². The Hall–Kier alpha value is -0.610. The van der Waals surface area contributed by atoms with Crippen molar-refractivity contribution >= 4 is 5.97 Å². The van der Waals surface area contributed by atoms with E-state index in [-0.39, 0.29) is 18.5 Å². The van der Waals surface area contributed by atoms with E-state index in [0.29, 0.717) is 35.6 Å². The summed E-state index contributed by atoms with van der Waals surface area (Å²) in [5.74, 6) is 2.73. The Morgan fingerprint density at radius 3 is 2.52 bits per heavy atom. The number of hydrogen-bond donors (Lipinski definition) is 2.